The van der Waals surface area contributed by atoms with Gasteiger partial charge in [0.15, 0.2) is 0 Å². The standard InChI is InChI=1S/C20H34O.2C2H6/c1-5-6-7-11-18(2)12-8-9-13-19(3)14-10-15-20(4)16-17-21;2*1-2/h5-6,12,14,16,21H,7-11,13,15,17H2,1-4H3;2*1-2H3/b6-5+,18-12+,19-14+,20-16+;;. The SMILES string of the molecule is C/C=C/CC/C(C)=C/CCC/C(C)=C/CC/C(C)=C/CO.CC.CC. The van der Waals surface area contributed by atoms with Gasteiger partial charge >= 0.3 is 0 Å². The Kier molecular flexibility index (Phi) is 28.9. The Balaban J connectivity index is -0.00000112. The lowest BCUT2D eigenvalue weighted by atomic mass is 10.0. The Bertz CT molecular complexity index is 370. The summed E-state index contributed by atoms with van der Waals surface area (Å²) in [6.45, 7) is 16.8. The van der Waals surface area contributed by atoms with E-state index in [-0.39, 0.29) is 6.61 Å². The summed E-state index contributed by atoms with van der Waals surface area (Å²) in [6.07, 6.45) is 19.1. The van der Waals surface area contributed by atoms with Gasteiger partial charge in [-0.05, 0) is 72.6 Å². The van der Waals surface area contributed by atoms with Crippen LogP contribution in [0, 0.1) is 0 Å². The van der Waals surface area contributed by atoms with Crippen LogP contribution in [-0.4, -0.2) is 11.7 Å². The maximum atomic E-state index is 8.80. The van der Waals surface area contributed by atoms with Crippen LogP contribution in [0.5, 0.6) is 0 Å². The zero-order valence-electron chi connectivity index (χ0n) is 18.5. The number of hydrogen-bond acceptors (Lipinski definition) is 1. The molecule has 0 bridgehead atoms. The lowest BCUT2D eigenvalue weighted by Crippen LogP contribution is -1.83. The molecule has 0 aliphatic carbocycles. The second-order valence-corrected chi connectivity index (χ2v) is 5.87. The van der Waals surface area contributed by atoms with Gasteiger partial charge in [0, 0.05) is 0 Å². The maximum Gasteiger partial charge on any atom is 0.0614 e. The average Bonchev–Trinajstić information content (AvgIpc) is 2.62. The Hall–Kier alpha value is -1.08. The highest BCUT2D eigenvalue weighted by atomic mass is 16.2. The summed E-state index contributed by atoms with van der Waals surface area (Å²) in [4.78, 5) is 0. The number of aliphatic hydroxyl groups is 1. The summed E-state index contributed by atoms with van der Waals surface area (Å²) in [5.74, 6) is 0. The van der Waals surface area contributed by atoms with Crippen LogP contribution in [0.3, 0.4) is 0 Å². The van der Waals surface area contributed by atoms with E-state index in [0.29, 0.717) is 0 Å². The molecule has 0 aromatic heterocycles. The first-order chi connectivity index (χ1) is 12.1. The fraction of sp³-hybridized carbons (Fsp3) is 0.667. The molecule has 1 N–H and O–H groups in total. The third-order valence-electron chi connectivity index (χ3n) is 3.68. The topological polar surface area (TPSA) is 20.2 Å². The van der Waals surface area contributed by atoms with Crippen LogP contribution in [-0.2, 0) is 0 Å². The molecule has 1 heteroatoms. The monoisotopic (exact) mass is 350 g/mol. The molecule has 148 valence electrons. The second-order valence-electron chi connectivity index (χ2n) is 5.87. The molecule has 0 spiro atoms. The number of rotatable bonds is 11. The van der Waals surface area contributed by atoms with E-state index in [1.54, 1.807) is 0 Å². The predicted octanol–water partition coefficient (Wildman–Crippen LogP) is 8.18. The van der Waals surface area contributed by atoms with E-state index in [4.69, 9.17) is 5.11 Å². The second kappa shape index (κ2) is 25.2. The maximum absolute atomic E-state index is 8.80. The van der Waals surface area contributed by atoms with Crippen LogP contribution >= 0.6 is 0 Å². The molecule has 0 radical (unpaired) electrons. The lowest BCUT2D eigenvalue weighted by molar-refractivity contribution is 0.341. The summed E-state index contributed by atoms with van der Waals surface area (Å²) in [6, 6.07) is 0. The summed E-state index contributed by atoms with van der Waals surface area (Å²) in [5.41, 5.74) is 4.28. The Labute approximate surface area is 159 Å². The van der Waals surface area contributed by atoms with Crippen molar-refractivity contribution in [3.8, 4) is 0 Å². The Morgan fingerprint density at radius 2 is 1.16 bits per heavy atom. The van der Waals surface area contributed by atoms with Crippen LogP contribution in [0.4, 0.5) is 0 Å². The number of hydrogen-bond donors (Lipinski definition) is 1. The van der Waals surface area contributed by atoms with Crippen LogP contribution < -0.4 is 0 Å². The molecular formula is C24H46O. The van der Waals surface area contributed by atoms with Gasteiger partial charge in [0.2, 0.25) is 0 Å². The molecule has 0 aliphatic rings. The van der Waals surface area contributed by atoms with E-state index in [0.717, 1.165) is 12.8 Å². The molecule has 0 fully saturated rings. The lowest BCUT2D eigenvalue weighted by Gasteiger charge is -2.02. The molecule has 0 heterocycles. The van der Waals surface area contributed by atoms with Crippen LogP contribution in [0.15, 0.2) is 47.1 Å². The summed E-state index contributed by atoms with van der Waals surface area (Å²) < 4.78 is 0. The molecule has 1 nitrogen and oxygen atoms in total. The summed E-state index contributed by atoms with van der Waals surface area (Å²) in [7, 11) is 0. The molecule has 0 amide bonds. The van der Waals surface area contributed by atoms with Gasteiger partial charge < -0.3 is 5.11 Å². The van der Waals surface area contributed by atoms with Crippen LogP contribution in [0.25, 0.3) is 0 Å². The third-order valence-corrected chi connectivity index (χ3v) is 3.68. The molecule has 0 rings (SSSR count). The quantitative estimate of drug-likeness (QED) is 0.294. The largest absolute Gasteiger partial charge is 0.392 e. The first kappa shape index (κ1) is 28.7. The van der Waals surface area contributed by atoms with E-state index >= 15 is 0 Å². The van der Waals surface area contributed by atoms with Gasteiger partial charge in [-0.25, -0.2) is 0 Å². The van der Waals surface area contributed by atoms with Crippen molar-refractivity contribution in [1.29, 1.82) is 0 Å². The van der Waals surface area contributed by atoms with Gasteiger partial charge in [-0.15, -0.1) is 0 Å². The minimum Gasteiger partial charge on any atom is -0.392 e. The van der Waals surface area contributed by atoms with Crippen molar-refractivity contribution in [3.63, 3.8) is 0 Å². The molecule has 0 saturated carbocycles. The van der Waals surface area contributed by atoms with Gasteiger partial charge in [-0.3, -0.25) is 0 Å². The number of unbranched alkanes of at least 4 members (excludes halogenated alkanes) is 1. The predicted molar refractivity (Wildman–Crippen MR) is 118 cm³/mol. The fourth-order valence-corrected chi connectivity index (χ4v) is 2.22. The minimum atomic E-state index is 0.161. The van der Waals surface area contributed by atoms with E-state index < -0.39 is 0 Å². The highest BCUT2D eigenvalue weighted by Crippen LogP contribution is 2.13. The number of allylic oxidation sites excluding steroid dienone is 7. The smallest absolute Gasteiger partial charge is 0.0614 e. The molecule has 0 aliphatic heterocycles. The van der Waals surface area contributed by atoms with Gasteiger partial charge in [0.05, 0.1) is 6.61 Å². The summed E-state index contributed by atoms with van der Waals surface area (Å²) >= 11 is 0. The van der Waals surface area contributed by atoms with E-state index in [1.165, 1.54) is 48.8 Å². The number of aliphatic hydroxyl groups excluding tert-OH is 1. The Morgan fingerprint density at radius 3 is 1.72 bits per heavy atom. The van der Waals surface area contributed by atoms with Crippen molar-refractivity contribution in [1.82, 2.24) is 0 Å². The zero-order chi connectivity index (χ0) is 19.9. The van der Waals surface area contributed by atoms with Crippen molar-refractivity contribution in [3.05, 3.63) is 47.1 Å². The van der Waals surface area contributed by atoms with Gasteiger partial charge in [-0.2, -0.15) is 0 Å². The van der Waals surface area contributed by atoms with E-state index in [2.05, 4.69) is 52.0 Å². The molecule has 0 unspecified atom stereocenters. The van der Waals surface area contributed by atoms with Crippen molar-refractivity contribution in [2.75, 3.05) is 6.61 Å². The first-order valence-corrected chi connectivity index (χ1v) is 10.3. The van der Waals surface area contributed by atoms with Gasteiger partial charge in [0.1, 0.15) is 0 Å². The molecule has 0 aromatic carbocycles. The highest BCUT2D eigenvalue weighted by Gasteiger charge is 1.93. The normalized spacial score (nSPS) is 12.4. The molecule has 0 saturated heterocycles. The zero-order valence-corrected chi connectivity index (χ0v) is 18.5. The molecular weight excluding hydrogens is 304 g/mol. The van der Waals surface area contributed by atoms with E-state index in [1.807, 2.05) is 33.8 Å². The molecule has 25 heavy (non-hydrogen) atoms. The molecule has 0 aromatic rings. The fourth-order valence-electron chi connectivity index (χ4n) is 2.22. The summed E-state index contributed by atoms with van der Waals surface area (Å²) in [5, 5.41) is 8.80. The average molecular weight is 351 g/mol. The van der Waals surface area contributed by atoms with Gasteiger partial charge in [-0.1, -0.05) is 74.8 Å². The Morgan fingerprint density at radius 1 is 0.680 bits per heavy atom. The van der Waals surface area contributed by atoms with Crippen LogP contribution in [0.2, 0.25) is 0 Å². The van der Waals surface area contributed by atoms with Crippen molar-refractivity contribution in [2.45, 2.75) is 100 Å². The first-order valence-electron chi connectivity index (χ1n) is 10.3. The third kappa shape index (κ3) is 25.3. The molecule has 0 atom stereocenters. The van der Waals surface area contributed by atoms with Crippen molar-refractivity contribution < 1.29 is 5.11 Å². The van der Waals surface area contributed by atoms with Crippen molar-refractivity contribution in [2.24, 2.45) is 0 Å². The van der Waals surface area contributed by atoms with Gasteiger partial charge in [0.25, 0.3) is 0 Å². The highest BCUT2D eigenvalue weighted by molar-refractivity contribution is 5.04. The van der Waals surface area contributed by atoms with Crippen molar-refractivity contribution >= 4 is 0 Å². The van der Waals surface area contributed by atoms with E-state index in [9.17, 15) is 0 Å². The minimum absolute atomic E-state index is 0.161. The van der Waals surface area contributed by atoms with Crippen LogP contribution in [0.1, 0.15) is 100 Å².